The maximum absolute atomic E-state index is 13.5. The van der Waals surface area contributed by atoms with Gasteiger partial charge in [-0.2, -0.15) is 5.26 Å². The third-order valence-corrected chi connectivity index (χ3v) is 7.55. The van der Waals surface area contributed by atoms with Crippen molar-refractivity contribution in [3.63, 3.8) is 0 Å². The van der Waals surface area contributed by atoms with Crippen molar-refractivity contribution in [1.82, 2.24) is 9.88 Å². The Bertz CT molecular complexity index is 1410. The first-order valence-corrected chi connectivity index (χ1v) is 13.4. The van der Waals surface area contributed by atoms with Crippen molar-refractivity contribution < 1.29 is 14.3 Å². The number of hydrogen-bond acceptors (Lipinski definition) is 7. The minimum atomic E-state index is -0.266. The van der Waals surface area contributed by atoms with Crippen LogP contribution in [0.5, 0.6) is 0 Å². The lowest BCUT2D eigenvalue weighted by atomic mass is 9.88. The number of nitrogens with zero attached hydrogens (tertiary/aromatic N) is 3. The van der Waals surface area contributed by atoms with E-state index in [0.717, 1.165) is 43.7 Å². The molecule has 4 N–H and O–H groups in total. The van der Waals surface area contributed by atoms with Gasteiger partial charge < -0.3 is 21.1 Å². The molecule has 2 aliphatic rings. The first kappa shape index (κ1) is 27.1. The van der Waals surface area contributed by atoms with Crippen LogP contribution in [0.4, 0.5) is 17.2 Å². The summed E-state index contributed by atoms with van der Waals surface area (Å²) >= 11 is 0. The second kappa shape index (κ2) is 12.6. The fourth-order valence-corrected chi connectivity index (χ4v) is 5.35. The van der Waals surface area contributed by atoms with Gasteiger partial charge in [0.2, 0.25) is 11.8 Å². The molecule has 40 heavy (non-hydrogen) atoms. The normalized spacial score (nSPS) is 19.8. The Morgan fingerprint density at radius 2 is 1.80 bits per heavy atom. The SMILES string of the molecule is N#Cc1ccc(NC(=O)C2CN(C3CCOCC3)CC2c2ccc(C=CC(=O)Nc3ccccc3N)cc2)nc1. The Balaban J connectivity index is 1.29. The highest BCUT2D eigenvalue weighted by Crippen LogP contribution is 2.36. The van der Waals surface area contributed by atoms with E-state index in [9.17, 15) is 9.59 Å². The summed E-state index contributed by atoms with van der Waals surface area (Å²) in [5.74, 6) is -0.175. The number of carbonyl (C=O) groups excluding carboxylic acids is 2. The van der Waals surface area contributed by atoms with Crippen LogP contribution in [0.25, 0.3) is 6.08 Å². The number of pyridine rings is 1. The van der Waals surface area contributed by atoms with Gasteiger partial charge >= 0.3 is 0 Å². The van der Waals surface area contributed by atoms with Gasteiger partial charge in [-0.25, -0.2) is 4.98 Å². The number of para-hydroxylation sites is 2. The number of carbonyl (C=O) groups is 2. The summed E-state index contributed by atoms with van der Waals surface area (Å²) in [6, 6.07) is 20.8. The number of likely N-dealkylation sites (tertiary alicyclic amines) is 1. The molecule has 0 aliphatic carbocycles. The second-order valence-electron chi connectivity index (χ2n) is 10.1. The van der Waals surface area contributed by atoms with Gasteiger partial charge in [0.1, 0.15) is 11.9 Å². The molecule has 2 aromatic carbocycles. The molecule has 5 rings (SSSR count). The van der Waals surface area contributed by atoms with Crippen LogP contribution >= 0.6 is 0 Å². The minimum absolute atomic E-state index is 0.00334. The number of nitriles is 1. The number of benzene rings is 2. The summed E-state index contributed by atoms with van der Waals surface area (Å²) in [5.41, 5.74) is 9.38. The molecule has 2 saturated heterocycles. The van der Waals surface area contributed by atoms with Crippen LogP contribution in [0.3, 0.4) is 0 Å². The second-order valence-corrected chi connectivity index (χ2v) is 10.1. The third-order valence-electron chi connectivity index (χ3n) is 7.55. The number of nitrogens with one attached hydrogen (secondary N) is 2. The summed E-state index contributed by atoms with van der Waals surface area (Å²) < 4.78 is 5.56. The van der Waals surface area contributed by atoms with Crippen molar-refractivity contribution in [1.29, 1.82) is 5.26 Å². The molecule has 0 saturated carbocycles. The summed E-state index contributed by atoms with van der Waals surface area (Å²) in [6.07, 6.45) is 6.60. The number of aromatic nitrogens is 1. The average Bonchev–Trinajstić information content (AvgIpc) is 3.44. The lowest BCUT2D eigenvalue weighted by Crippen LogP contribution is -2.38. The monoisotopic (exact) mass is 536 g/mol. The van der Waals surface area contributed by atoms with E-state index in [-0.39, 0.29) is 23.7 Å². The number of hydrogen-bond donors (Lipinski definition) is 3. The van der Waals surface area contributed by atoms with E-state index in [4.69, 9.17) is 15.7 Å². The molecule has 3 aromatic rings. The molecule has 2 amide bonds. The number of nitrogens with two attached hydrogens (primary N) is 1. The van der Waals surface area contributed by atoms with Gasteiger partial charge in [0, 0.05) is 50.5 Å². The van der Waals surface area contributed by atoms with Gasteiger partial charge in [-0.1, -0.05) is 36.4 Å². The number of ether oxygens (including phenoxy) is 1. The van der Waals surface area contributed by atoms with E-state index in [0.29, 0.717) is 35.3 Å². The molecule has 3 heterocycles. The highest BCUT2D eigenvalue weighted by Gasteiger charge is 2.41. The molecule has 2 atom stereocenters. The van der Waals surface area contributed by atoms with Gasteiger partial charge in [-0.05, 0) is 54.3 Å². The standard InChI is InChI=1S/C31H32N6O3/c32-17-22-7-11-29(34-18-22)36-31(39)26-20-37(24-13-15-40-16-14-24)19-25(26)23-9-5-21(6-10-23)8-12-30(38)35-28-4-2-1-3-27(28)33/h1-12,18,24-26H,13-16,19-20,33H2,(H,35,38)(H,34,36,39). The molecule has 9 nitrogen and oxygen atoms in total. The fraction of sp³-hybridized carbons (Fsp3) is 0.290. The number of amides is 2. The predicted molar refractivity (Wildman–Crippen MR) is 154 cm³/mol. The van der Waals surface area contributed by atoms with Crippen LogP contribution in [-0.4, -0.2) is 54.0 Å². The summed E-state index contributed by atoms with van der Waals surface area (Å²) in [4.78, 5) is 32.5. The number of nitrogen functional groups attached to an aromatic ring is 1. The van der Waals surface area contributed by atoms with Crippen LogP contribution in [-0.2, 0) is 14.3 Å². The van der Waals surface area contributed by atoms with E-state index in [1.165, 1.54) is 12.3 Å². The summed E-state index contributed by atoms with van der Waals surface area (Å²) in [6.45, 7) is 2.91. The minimum Gasteiger partial charge on any atom is -0.397 e. The number of anilines is 3. The molecular formula is C31H32N6O3. The van der Waals surface area contributed by atoms with Crippen molar-refractivity contribution in [2.45, 2.75) is 24.8 Å². The molecular weight excluding hydrogens is 504 g/mol. The van der Waals surface area contributed by atoms with Crippen LogP contribution < -0.4 is 16.4 Å². The Morgan fingerprint density at radius 3 is 2.50 bits per heavy atom. The Kier molecular flexibility index (Phi) is 8.50. The van der Waals surface area contributed by atoms with Crippen LogP contribution in [0.15, 0.2) is 72.9 Å². The fourth-order valence-electron chi connectivity index (χ4n) is 5.35. The third kappa shape index (κ3) is 6.54. The van der Waals surface area contributed by atoms with Gasteiger partial charge in [-0.3, -0.25) is 14.5 Å². The van der Waals surface area contributed by atoms with Crippen LogP contribution in [0.2, 0.25) is 0 Å². The lowest BCUT2D eigenvalue weighted by molar-refractivity contribution is -0.120. The molecule has 2 fully saturated rings. The molecule has 204 valence electrons. The van der Waals surface area contributed by atoms with Crippen LogP contribution in [0.1, 0.15) is 35.4 Å². The zero-order valence-corrected chi connectivity index (χ0v) is 22.1. The largest absolute Gasteiger partial charge is 0.397 e. The first-order chi connectivity index (χ1) is 19.5. The molecule has 0 radical (unpaired) electrons. The smallest absolute Gasteiger partial charge is 0.248 e. The zero-order chi connectivity index (χ0) is 27.9. The Hall–Kier alpha value is -4.52. The molecule has 2 unspecified atom stereocenters. The topological polar surface area (TPSA) is 133 Å². The Labute approximate surface area is 233 Å². The maximum atomic E-state index is 13.5. The Morgan fingerprint density at radius 1 is 1.02 bits per heavy atom. The zero-order valence-electron chi connectivity index (χ0n) is 22.1. The van der Waals surface area contributed by atoms with E-state index in [1.807, 2.05) is 42.5 Å². The molecule has 2 aliphatic heterocycles. The van der Waals surface area contributed by atoms with Gasteiger partial charge in [0.15, 0.2) is 0 Å². The highest BCUT2D eigenvalue weighted by atomic mass is 16.5. The van der Waals surface area contributed by atoms with Gasteiger partial charge in [0.25, 0.3) is 0 Å². The lowest BCUT2D eigenvalue weighted by Gasteiger charge is -2.31. The molecule has 0 bridgehead atoms. The van der Waals surface area contributed by atoms with E-state index < -0.39 is 0 Å². The predicted octanol–water partition coefficient (Wildman–Crippen LogP) is 4.02. The van der Waals surface area contributed by atoms with Crippen LogP contribution in [0, 0.1) is 17.2 Å². The molecule has 1 aromatic heterocycles. The molecule has 9 heteroatoms. The van der Waals surface area contributed by atoms with Crippen molar-refractivity contribution in [2.24, 2.45) is 5.92 Å². The first-order valence-electron chi connectivity index (χ1n) is 13.4. The van der Waals surface area contributed by atoms with Crippen molar-refractivity contribution in [2.75, 3.05) is 42.7 Å². The van der Waals surface area contributed by atoms with E-state index in [2.05, 4.69) is 20.5 Å². The molecule has 0 spiro atoms. The van der Waals surface area contributed by atoms with E-state index >= 15 is 0 Å². The number of rotatable bonds is 7. The highest BCUT2D eigenvalue weighted by molar-refractivity contribution is 6.03. The summed E-state index contributed by atoms with van der Waals surface area (Å²) in [7, 11) is 0. The quantitative estimate of drug-likeness (QED) is 0.307. The van der Waals surface area contributed by atoms with Crippen molar-refractivity contribution in [3.8, 4) is 6.07 Å². The van der Waals surface area contributed by atoms with Crippen molar-refractivity contribution in [3.05, 3.63) is 89.6 Å². The van der Waals surface area contributed by atoms with E-state index in [1.54, 1.807) is 30.3 Å². The average molecular weight is 537 g/mol. The van der Waals surface area contributed by atoms with Gasteiger partial charge in [-0.15, -0.1) is 0 Å². The van der Waals surface area contributed by atoms with Gasteiger partial charge in [0.05, 0.1) is 22.9 Å². The summed E-state index contributed by atoms with van der Waals surface area (Å²) in [5, 5.41) is 14.8. The van der Waals surface area contributed by atoms with Crippen molar-refractivity contribution >= 4 is 35.1 Å². The maximum Gasteiger partial charge on any atom is 0.248 e.